The van der Waals surface area contributed by atoms with E-state index in [9.17, 15) is 18.0 Å². The molecule has 0 bridgehead atoms. The monoisotopic (exact) mass is 378 g/mol. The van der Waals surface area contributed by atoms with E-state index in [0.717, 1.165) is 23.5 Å². The molecule has 3 rings (SSSR count). The van der Waals surface area contributed by atoms with Crippen LogP contribution in [0.3, 0.4) is 0 Å². The number of pyridine rings is 1. The van der Waals surface area contributed by atoms with Crippen molar-refractivity contribution < 1.29 is 18.0 Å². The standard InChI is InChI=1S/C17H13F3N4OS/c1-2-24(15(25)12-4-3-9-21-10-12)16-23-22-14(26-16)11-5-7-13(8-6-11)17(18,19)20/h3-10H,2H2,1H3. The largest absolute Gasteiger partial charge is 0.416 e. The molecule has 2 aromatic heterocycles. The van der Waals surface area contributed by atoms with Crippen LogP contribution in [-0.2, 0) is 6.18 Å². The lowest BCUT2D eigenvalue weighted by atomic mass is 10.1. The highest BCUT2D eigenvalue weighted by Gasteiger charge is 2.30. The van der Waals surface area contributed by atoms with E-state index in [1.54, 1.807) is 25.3 Å². The number of halogens is 3. The van der Waals surface area contributed by atoms with E-state index >= 15 is 0 Å². The van der Waals surface area contributed by atoms with Crippen LogP contribution >= 0.6 is 11.3 Å². The van der Waals surface area contributed by atoms with Crippen LogP contribution < -0.4 is 4.90 Å². The first kappa shape index (κ1) is 18.0. The summed E-state index contributed by atoms with van der Waals surface area (Å²) in [5.74, 6) is -0.268. The van der Waals surface area contributed by atoms with Crippen molar-refractivity contribution in [1.29, 1.82) is 0 Å². The quantitative estimate of drug-likeness (QED) is 0.680. The van der Waals surface area contributed by atoms with Crippen LogP contribution in [0.25, 0.3) is 10.6 Å². The summed E-state index contributed by atoms with van der Waals surface area (Å²) in [6.45, 7) is 2.17. The zero-order valence-corrected chi connectivity index (χ0v) is 14.4. The summed E-state index contributed by atoms with van der Waals surface area (Å²) >= 11 is 1.14. The van der Waals surface area contributed by atoms with Crippen LogP contribution in [0, 0.1) is 0 Å². The average molecular weight is 378 g/mol. The van der Waals surface area contributed by atoms with Crippen molar-refractivity contribution in [2.24, 2.45) is 0 Å². The predicted molar refractivity (Wildman–Crippen MR) is 91.9 cm³/mol. The zero-order chi connectivity index (χ0) is 18.7. The molecular formula is C17H13F3N4OS. The second-order valence-electron chi connectivity index (χ2n) is 5.26. The molecule has 0 atom stereocenters. The van der Waals surface area contributed by atoms with Crippen molar-refractivity contribution in [3.05, 3.63) is 59.9 Å². The molecule has 26 heavy (non-hydrogen) atoms. The number of nitrogens with zero attached hydrogens (tertiary/aromatic N) is 4. The van der Waals surface area contributed by atoms with E-state index in [4.69, 9.17) is 0 Å². The van der Waals surface area contributed by atoms with Gasteiger partial charge in [-0.3, -0.25) is 14.7 Å². The lowest BCUT2D eigenvalue weighted by Gasteiger charge is -2.16. The molecule has 0 aliphatic rings. The number of carbonyl (C=O) groups is 1. The van der Waals surface area contributed by atoms with E-state index in [0.29, 0.717) is 27.8 Å². The number of anilines is 1. The summed E-state index contributed by atoms with van der Waals surface area (Å²) in [5, 5.41) is 8.82. The Morgan fingerprint density at radius 1 is 1.15 bits per heavy atom. The van der Waals surface area contributed by atoms with E-state index in [-0.39, 0.29) is 5.91 Å². The topological polar surface area (TPSA) is 59.0 Å². The molecule has 3 aromatic rings. The second-order valence-corrected chi connectivity index (χ2v) is 6.21. The predicted octanol–water partition coefficient (Wildman–Crippen LogP) is 4.29. The highest BCUT2D eigenvalue weighted by Crippen LogP contribution is 2.33. The van der Waals surface area contributed by atoms with E-state index in [1.165, 1.54) is 23.2 Å². The molecule has 0 aliphatic heterocycles. The Labute approximate surface area is 151 Å². The number of aromatic nitrogens is 3. The van der Waals surface area contributed by atoms with E-state index < -0.39 is 11.7 Å². The minimum Gasteiger partial charge on any atom is -0.283 e. The molecule has 1 amide bonds. The first-order valence-electron chi connectivity index (χ1n) is 7.63. The van der Waals surface area contributed by atoms with Crippen LogP contribution in [0.2, 0.25) is 0 Å². The van der Waals surface area contributed by atoms with Gasteiger partial charge in [-0.15, -0.1) is 10.2 Å². The Bertz CT molecular complexity index is 894. The summed E-state index contributed by atoms with van der Waals surface area (Å²) in [6.07, 6.45) is -1.36. The summed E-state index contributed by atoms with van der Waals surface area (Å²) in [4.78, 5) is 17.9. The van der Waals surface area contributed by atoms with Crippen LogP contribution in [-0.4, -0.2) is 27.6 Å². The Morgan fingerprint density at radius 3 is 2.46 bits per heavy atom. The van der Waals surface area contributed by atoms with Crippen molar-refractivity contribution in [3.63, 3.8) is 0 Å². The molecule has 0 saturated heterocycles. The highest BCUT2D eigenvalue weighted by atomic mass is 32.1. The highest BCUT2D eigenvalue weighted by molar-refractivity contribution is 7.18. The maximum atomic E-state index is 12.7. The molecule has 0 fully saturated rings. The minimum absolute atomic E-state index is 0.268. The molecule has 0 N–H and O–H groups in total. The van der Waals surface area contributed by atoms with Gasteiger partial charge in [-0.2, -0.15) is 13.2 Å². The second kappa shape index (κ2) is 7.20. The fourth-order valence-corrected chi connectivity index (χ4v) is 3.17. The molecule has 0 radical (unpaired) electrons. The van der Waals surface area contributed by atoms with Crippen LogP contribution in [0.5, 0.6) is 0 Å². The fourth-order valence-electron chi connectivity index (χ4n) is 2.25. The van der Waals surface area contributed by atoms with Crippen LogP contribution in [0.15, 0.2) is 48.8 Å². The maximum Gasteiger partial charge on any atom is 0.416 e. The number of alkyl halides is 3. The summed E-state index contributed by atoms with van der Waals surface area (Å²) in [6, 6.07) is 7.98. The van der Waals surface area contributed by atoms with Gasteiger partial charge in [0.05, 0.1) is 11.1 Å². The third-order valence-corrected chi connectivity index (χ3v) is 4.57. The Morgan fingerprint density at radius 2 is 1.88 bits per heavy atom. The summed E-state index contributed by atoms with van der Waals surface area (Å²) in [7, 11) is 0. The van der Waals surface area contributed by atoms with Gasteiger partial charge in [-0.25, -0.2) is 0 Å². The third kappa shape index (κ3) is 3.72. The lowest BCUT2D eigenvalue weighted by molar-refractivity contribution is -0.137. The van der Waals surface area contributed by atoms with Crippen LogP contribution in [0.4, 0.5) is 18.3 Å². The van der Waals surface area contributed by atoms with Gasteiger partial charge < -0.3 is 0 Å². The van der Waals surface area contributed by atoms with Gasteiger partial charge in [0.1, 0.15) is 5.01 Å². The fraction of sp³-hybridized carbons (Fsp3) is 0.176. The molecule has 0 spiro atoms. The van der Waals surface area contributed by atoms with Crippen molar-refractivity contribution in [3.8, 4) is 10.6 Å². The van der Waals surface area contributed by atoms with Crippen molar-refractivity contribution >= 4 is 22.4 Å². The zero-order valence-electron chi connectivity index (χ0n) is 13.6. The van der Waals surface area contributed by atoms with Crippen molar-refractivity contribution in [1.82, 2.24) is 15.2 Å². The molecule has 0 saturated carbocycles. The van der Waals surface area contributed by atoms with E-state index in [2.05, 4.69) is 15.2 Å². The maximum absolute atomic E-state index is 12.7. The number of carbonyl (C=O) groups excluding carboxylic acids is 1. The average Bonchev–Trinajstić information content (AvgIpc) is 3.12. The molecule has 0 unspecified atom stereocenters. The molecule has 9 heteroatoms. The van der Waals surface area contributed by atoms with E-state index in [1.807, 2.05) is 0 Å². The molecule has 134 valence electrons. The van der Waals surface area contributed by atoms with Gasteiger partial charge >= 0.3 is 6.18 Å². The molecular weight excluding hydrogens is 365 g/mol. The van der Waals surface area contributed by atoms with Gasteiger partial charge in [0, 0.05) is 24.5 Å². The number of rotatable bonds is 4. The van der Waals surface area contributed by atoms with Crippen LogP contribution in [0.1, 0.15) is 22.8 Å². The minimum atomic E-state index is -4.39. The van der Waals surface area contributed by atoms with Gasteiger partial charge in [-0.05, 0) is 31.2 Å². The van der Waals surface area contributed by atoms with Crippen molar-refractivity contribution in [2.75, 3.05) is 11.4 Å². The van der Waals surface area contributed by atoms with Gasteiger partial charge in [0.15, 0.2) is 0 Å². The Kier molecular flexibility index (Phi) is 4.99. The number of benzene rings is 1. The lowest BCUT2D eigenvalue weighted by Crippen LogP contribution is -2.30. The molecule has 2 heterocycles. The molecule has 5 nitrogen and oxygen atoms in total. The normalized spacial score (nSPS) is 11.4. The number of amides is 1. The SMILES string of the molecule is CCN(C(=O)c1cccnc1)c1nnc(-c2ccc(C(F)(F)F)cc2)s1. The van der Waals surface area contributed by atoms with Gasteiger partial charge in [-0.1, -0.05) is 23.5 Å². The Balaban J connectivity index is 1.85. The first-order chi connectivity index (χ1) is 12.4. The van der Waals surface area contributed by atoms with Gasteiger partial charge in [0.2, 0.25) is 5.13 Å². The summed E-state index contributed by atoms with van der Waals surface area (Å²) < 4.78 is 38.0. The smallest absolute Gasteiger partial charge is 0.283 e. The van der Waals surface area contributed by atoms with Crippen molar-refractivity contribution in [2.45, 2.75) is 13.1 Å². The summed E-state index contributed by atoms with van der Waals surface area (Å²) in [5.41, 5.74) is 0.195. The Hall–Kier alpha value is -2.81. The third-order valence-electron chi connectivity index (χ3n) is 3.57. The number of hydrogen-bond acceptors (Lipinski definition) is 5. The van der Waals surface area contributed by atoms with Gasteiger partial charge in [0.25, 0.3) is 5.91 Å². The number of hydrogen-bond donors (Lipinski definition) is 0. The first-order valence-corrected chi connectivity index (χ1v) is 8.45. The molecule has 0 aliphatic carbocycles. The molecule has 1 aromatic carbocycles.